The van der Waals surface area contributed by atoms with Gasteiger partial charge in [-0.15, -0.1) is 0 Å². The smallest absolute Gasteiger partial charge is 0.233 e. The molecule has 110 valence electrons. The monoisotopic (exact) mass is 284 g/mol. The van der Waals surface area contributed by atoms with Gasteiger partial charge in [0.2, 0.25) is 5.91 Å². The molecule has 4 nitrogen and oxygen atoms in total. The van der Waals surface area contributed by atoms with Crippen LogP contribution in [0.5, 0.6) is 0 Å². The maximum atomic E-state index is 12.6. The number of carbonyl (C=O) groups is 1. The van der Waals surface area contributed by atoms with Gasteiger partial charge in [0.05, 0.1) is 12.1 Å². The first-order chi connectivity index (χ1) is 10.2. The Balaban J connectivity index is 1.75. The molecule has 1 aromatic heterocycles. The third-order valence-electron chi connectivity index (χ3n) is 4.04. The van der Waals surface area contributed by atoms with Gasteiger partial charge >= 0.3 is 0 Å². The highest BCUT2D eigenvalue weighted by Gasteiger charge is 2.25. The van der Waals surface area contributed by atoms with Crippen LogP contribution in [0.3, 0.4) is 0 Å². The molecule has 0 unspecified atom stereocenters. The zero-order chi connectivity index (χ0) is 14.7. The standard InChI is InChI=1S/C17H20N2O2/c1-13-10-15(18-21-13)11-17(20)19(12-14-6-5-7-14)16-8-3-2-4-9-16/h2-4,8-10,14H,5-7,11-12H2,1H3. The second-order valence-electron chi connectivity index (χ2n) is 5.74. The number of rotatable bonds is 5. The van der Waals surface area contributed by atoms with Gasteiger partial charge in [0, 0.05) is 18.3 Å². The maximum absolute atomic E-state index is 12.6. The fourth-order valence-corrected chi connectivity index (χ4v) is 2.64. The number of para-hydroxylation sites is 1. The van der Waals surface area contributed by atoms with E-state index in [1.807, 2.05) is 48.2 Å². The second kappa shape index (κ2) is 6.12. The van der Waals surface area contributed by atoms with Crippen molar-refractivity contribution >= 4 is 11.6 Å². The molecule has 0 radical (unpaired) electrons. The first-order valence-corrected chi connectivity index (χ1v) is 7.50. The average molecular weight is 284 g/mol. The summed E-state index contributed by atoms with van der Waals surface area (Å²) in [5, 5.41) is 3.92. The van der Waals surface area contributed by atoms with Crippen LogP contribution < -0.4 is 4.90 Å². The first kappa shape index (κ1) is 13.9. The number of amides is 1. The van der Waals surface area contributed by atoms with Crippen molar-refractivity contribution < 1.29 is 9.32 Å². The summed E-state index contributed by atoms with van der Waals surface area (Å²) in [6.45, 7) is 2.64. The molecule has 1 saturated carbocycles. The summed E-state index contributed by atoms with van der Waals surface area (Å²) in [5.74, 6) is 1.46. The molecule has 0 aliphatic heterocycles. The van der Waals surface area contributed by atoms with E-state index in [2.05, 4.69) is 5.16 Å². The number of aromatic nitrogens is 1. The van der Waals surface area contributed by atoms with E-state index in [9.17, 15) is 4.79 Å². The van der Waals surface area contributed by atoms with Crippen LogP contribution in [0.4, 0.5) is 5.69 Å². The summed E-state index contributed by atoms with van der Waals surface area (Å²) in [4.78, 5) is 14.5. The van der Waals surface area contributed by atoms with Gasteiger partial charge < -0.3 is 9.42 Å². The lowest BCUT2D eigenvalue weighted by Crippen LogP contribution is -2.38. The van der Waals surface area contributed by atoms with E-state index in [1.54, 1.807) is 0 Å². The van der Waals surface area contributed by atoms with Crippen LogP contribution >= 0.6 is 0 Å². The topological polar surface area (TPSA) is 46.3 Å². The molecule has 1 fully saturated rings. The van der Waals surface area contributed by atoms with E-state index in [4.69, 9.17) is 4.52 Å². The molecule has 1 heterocycles. The number of aryl methyl sites for hydroxylation is 1. The Hall–Kier alpha value is -2.10. The summed E-state index contributed by atoms with van der Waals surface area (Å²) in [6.07, 6.45) is 4.02. The maximum Gasteiger partial charge on any atom is 0.233 e. The third-order valence-corrected chi connectivity index (χ3v) is 4.04. The first-order valence-electron chi connectivity index (χ1n) is 7.50. The second-order valence-corrected chi connectivity index (χ2v) is 5.74. The lowest BCUT2D eigenvalue weighted by atomic mass is 9.85. The molecule has 0 atom stereocenters. The summed E-state index contributed by atoms with van der Waals surface area (Å²) < 4.78 is 5.04. The molecule has 21 heavy (non-hydrogen) atoms. The van der Waals surface area contributed by atoms with Crippen molar-refractivity contribution in [3.05, 3.63) is 47.9 Å². The average Bonchev–Trinajstić information content (AvgIpc) is 2.84. The van der Waals surface area contributed by atoms with Gasteiger partial charge in [-0.3, -0.25) is 4.79 Å². The molecule has 1 aliphatic carbocycles. The van der Waals surface area contributed by atoms with Gasteiger partial charge in [-0.1, -0.05) is 29.8 Å². The molecule has 1 aromatic carbocycles. The molecule has 0 saturated heterocycles. The van der Waals surface area contributed by atoms with Crippen LogP contribution in [0.25, 0.3) is 0 Å². The van der Waals surface area contributed by atoms with Crippen LogP contribution in [0.1, 0.15) is 30.7 Å². The minimum absolute atomic E-state index is 0.0846. The Morgan fingerprint density at radius 2 is 2.10 bits per heavy atom. The summed E-state index contributed by atoms with van der Waals surface area (Å²) in [6, 6.07) is 11.7. The molecule has 4 heteroatoms. The summed E-state index contributed by atoms with van der Waals surface area (Å²) in [5.41, 5.74) is 1.67. The van der Waals surface area contributed by atoms with Gasteiger partial charge in [-0.25, -0.2) is 0 Å². The summed E-state index contributed by atoms with van der Waals surface area (Å²) in [7, 11) is 0. The number of carbonyl (C=O) groups excluding carboxylic acids is 1. The number of anilines is 1. The number of nitrogens with zero attached hydrogens (tertiary/aromatic N) is 2. The van der Waals surface area contributed by atoms with E-state index < -0.39 is 0 Å². The predicted molar refractivity (Wildman–Crippen MR) is 81.1 cm³/mol. The van der Waals surface area contributed by atoms with Crippen LogP contribution in [0.15, 0.2) is 40.9 Å². The van der Waals surface area contributed by atoms with Crippen molar-refractivity contribution in [1.82, 2.24) is 5.16 Å². The van der Waals surface area contributed by atoms with E-state index in [-0.39, 0.29) is 5.91 Å². The predicted octanol–water partition coefficient (Wildman–Crippen LogP) is 3.36. The van der Waals surface area contributed by atoms with Crippen LogP contribution in [0, 0.1) is 12.8 Å². The largest absolute Gasteiger partial charge is 0.361 e. The van der Waals surface area contributed by atoms with Crippen LogP contribution in [-0.4, -0.2) is 17.6 Å². The van der Waals surface area contributed by atoms with Crippen molar-refractivity contribution in [3.8, 4) is 0 Å². The van der Waals surface area contributed by atoms with E-state index in [0.29, 0.717) is 18.0 Å². The van der Waals surface area contributed by atoms with Crippen LogP contribution in [0.2, 0.25) is 0 Å². The normalized spacial score (nSPS) is 14.7. The molecule has 1 amide bonds. The zero-order valence-electron chi connectivity index (χ0n) is 12.3. The quantitative estimate of drug-likeness (QED) is 0.845. The molecule has 3 rings (SSSR count). The van der Waals surface area contributed by atoms with Crippen molar-refractivity contribution in [3.63, 3.8) is 0 Å². The Morgan fingerprint density at radius 1 is 1.33 bits per heavy atom. The molecular weight excluding hydrogens is 264 g/mol. The fraction of sp³-hybridized carbons (Fsp3) is 0.412. The lowest BCUT2D eigenvalue weighted by molar-refractivity contribution is -0.118. The van der Waals surface area contributed by atoms with Crippen molar-refractivity contribution in [2.24, 2.45) is 5.92 Å². The molecule has 1 aliphatic rings. The van der Waals surface area contributed by atoms with E-state index in [0.717, 1.165) is 18.0 Å². The number of hydrogen-bond donors (Lipinski definition) is 0. The molecular formula is C17H20N2O2. The lowest BCUT2D eigenvalue weighted by Gasteiger charge is -2.32. The van der Waals surface area contributed by atoms with E-state index in [1.165, 1.54) is 19.3 Å². The Kier molecular flexibility index (Phi) is 4.04. The molecule has 0 spiro atoms. The Labute approximate surface area is 124 Å². The fourth-order valence-electron chi connectivity index (χ4n) is 2.64. The molecule has 0 N–H and O–H groups in total. The highest BCUT2D eigenvalue weighted by molar-refractivity contribution is 5.94. The van der Waals surface area contributed by atoms with Gasteiger partial charge in [-0.05, 0) is 37.8 Å². The Bertz CT molecular complexity index is 602. The van der Waals surface area contributed by atoms with Gasteiger partial charge in [0.1, 0.15) is 5.76 Å². The van der Waals surface area contributed by atoms with Crippen molar-refractivity contribution in [2.75, 3.05) is 11.4 Å². The van der Waals surface area contributed by atoms with Gasteiger partial charge in [0.15, 0.2) is 0 Å². The summed E-state index contributed by atoms with van der Waals surface area (Å²) >= 11 is 0. The SMILES string of the molecule is Cc1cc(CC(=O)N(CC2CCC2)c2ccccc2)no1. The highest BCUT2D eigenvalue weighted by Crippen LogP contribution is 2.29. The number of benzene rings is 1. The Morgan fingerprint density at radius 3 is 2.67 bits per heavy atom. The molecule has 2 aromatic rings. The molecule has 0 bridgehead atoms. The highest BCUT2D eigenvalue weighted by atomic mass is 16.5. The van der Waals surface area contributed by atoms with E-state index >= 15 is 0 Å². The minimum atomic E-state index is 0.0846. The van der Waals surface area contributed by atoms with Crippen molar-refractivity contribution in [2.45, 2.75) is 32.6 Å². The van der Waals surface area contributed by atoms with Crippen molar-refractivity contribution in [1.29, 1.82) is 0 Å². The zero-order valence-corrected chi connectivity index (χ0v) is 12.3. The number of hydrogen-bond acceptors (Lipinski definition) is 3. The van der Waals surface area contributed by atoms with Gasteiger partial charge in [0.25, 0.3) is 0 Å². The van der Waals surface area contributed by atoms with Gasteiger partial charge in [-0.2, -0.15) is 0 Å². The minimum Gasteiger partial charge on any atom is -0.361 e. The third kappa shape index (κ3) is 3.32. The van der Waals surface area contributed by atoms with Crippen LogP contribution in [-0.2, 0) is 11.2 Å².